The molecule has 10 nitrogen and oxygen atoms in total. The van der Waals surface area contributed by atoms with Crippen LogP contribution in [-0.2, 0) is 17.8 Å². The van der Waals surface area contributed by atoms with E-state index in [1.54, 1.807) is 18.5 Å². The van der Waals surface area contributed by atoms with Crippen molar-refractivity contribution in [2.75, 3.05) is 24.3 Å². The molecule has 0 aliphatic carbocycles. The zero-order chi connectivity index (χ0) is 24.3. The van der Waals surface area contributed by atoms with Gasteiger partial charge in [0.25, 0.3) is 0 Å². The number of nitrogens with one attached hydrogen (secondary N) is 1. The van der Waals surface area contributed by atoms with Crippen molar-refractivity contribution in [3.8, 4) is 11.1 Å². The van der Waals surface area contributed by atoms with Crippen LogP contribution in [0.2, 0.25) is 0 Å². The van der Waals surface area contributed by atoms with E-state index in [0.29, 0.717) is 38.1 Å². The zero-order valence-corrected chi connectivity index (χ0v) is 20.0. The average molecular weight is 473 g/mol. The third-order valence-corrected chi connectivity index (χ3v) is 6.42. The average Bonchev–Trinajstić information content (AvgIpc) is 3.44. The van der Waals surface area contributed by atoms with E-state index in [-0.39, 0.29) is 6.04 Å². The summed E-state index contributed by atoms with van der Waals surface area (Å²) in [7, 11) is 0. The van der Waals surface area contributed by atoms with Gasteiger partial charge in [-0.15, -0.1) is 0 Å². The van der Waals surface area contributed by atoms with Gasteiger partial charge in [-0.05, 0) is 31.9 Å². The Hall–Kier alpha value is -3.76. The number of nitrogens with two attached hydrogens (primary N) is 1. The van der Waals surface area contributed by atoms with E-state index in [4.69, 9.17) is 15.5 Å². The molecular weight excluding hydrogens is 444 g/mol. The molecule has 4 aromatic rings. The fourth-order valence-corrected chi connectivity index (χ4v) is 4.71. The number of aromatic nitrogens is 5. The van der Waals surface area contributed by atoms with Crippen molar-refractivity contribution in [3.05, 3.63) is 47.4 Å². The third-order valence-electron chi connectivity index (χ3n) is 6.42. The fourth-order valence-electron chi connectivity index (χ4n) is 4.71. The van der Waals surface area contributed by atoms with E-state index < -0.39 is 5.60 Å². The van der Waals surface area contributed by atoms with Gasteiger partial charge < -0.3 is 25.5 Å². The third kappa shape index (κ3) is 3.84. The molecule has 2 aliphatic heterocycles. The molecule has 1 aromatic carbocycles. The van der Waals surface area contributed by atoms with Gasteiger partial charge in [0.15, 0.2) is 0 Å². The van der Waals surface area contributed by atoms with Crippen molar-refractivity contribution >= 4 is 34.7 Å². The molecule has 1 fully saturated rings. The monoisotopic (exact) mass is 472 g/mol. The van der Waals surface area contributed by atoms with E-state index in [9.17, 15) is 5.11 Å². The van der Waals surface area contributed by atoms with Gasteiger partial charge in [0.2, 0.25) is 5.95 Å². The highest BCUT2D eigenvalue weighted by Crippen LogP contribution is 2.39. The maximum absolute atomic E-state index is 10.1. The normalized spacial score (nSPS) is 15.5. The molecule has 1 saturated heterocycles. The topological polar surface area (TPSA) is 128 Å². The largest absolute Gasteiger partial charge is 0.389 e. The quantitative estimate of drug-likeness (QED) is 0.393. The summed E-state index contributed by atoms with van der Waals surface area (Å²) >= 11 is 0. The van der Waals surface area contributed by atoms with Crippen molar-refractivity contribution in [3.63, 3.8) is 0 Å². The lowest BCUT2D eigenvalue weighted by atomic mass is 9.97. The first-order valence-corrected chi connectivity index (χ1v) is 11.7. The van der Waals surface area contributed by atoms with Crippen LogP contribution in [0, 0.1) is 6.92 Å². The Morgan fingerprint density at radius 3 is 2.77 bits per heavy atom. The summed E-state index contributed by atoms with van der Waals surface area (Å²) in [5.74, 6) is 0.799. The molecule has 2 aliphatic rings. The number of aliphatic imine (C=N–C) groups is 1. The first kappa shape index (κ1) is 21.8. The Labute approximate surface area is 202 Å². The number of nitrogen functional groups attached to an aromatic ring is 1. The minimum atomic E-state index is -0.875. The fraction of sp³-hybridized carbons (Fsp3) is 0.360. The molecule has 5 heterocycles. The molecule has 0 unspecified atom stereocenters. The molecular formula is C25H28N8O2. The molecule has 10 heteroatoms. The molecule has 3 aromatic heterocycles. The van der Waals surface area contributed by atoms with Gasteiger partial charge in [0.1, 0.15) is 11.5 Å². The molecule has 0 amide bonds. The maximum Gasteiger partial charge on any atom is 0.231 e. The first-order valence-electron chi connectivity index (χ1n) is 11.7. The van der Waals surface area contributed by atoms with Crippen molar-refractivity contribution in [2.45, 2.75) is 45.5 Å². The van der Waals surface area contributed by atoms with Crippen molar-refractivity contribution in [2.24, 2.45) is 4.99 Å². The van der Waals surface area contributed by atoms with Crippen LogP contribution in [0.1, 0.15) is 36.7 Å². The predicted octanol–water partition coefficient (Wildman–Crippen LogP) is 3.20. The number of hydrogen-bond acceptors (Lipinski definition) is 8. The van der Waals surface area contributed by atoms with Gasteiger partial charge in [-0.2, -0.15) is 15.1 Å². The number of rotatable bonds is 6. The minimum Gasteiger partial charge on any atom is -0.389 e. The van der Waals surface area contributed by atoms with Gasteiger partial charge in [0, 0.05) is 29.7 Å². The molecule has 35 heavy (non-hydrogen) atoms. The van der Waals surface area contributed by atoms with Gasteiger partial charge in [-0.3, -0.25) is 9.67 Å². The smallest absolute Gasteiger partial charge is 0.231 e. The lowest BCUT2D eigenvalue weighted by Gasteiger charge is -2.27. The van der Waals surface area contributed by atoms with Gasteiger partial charge in [-0.25, -0.2) is 0 Å². The summed E-state index contributed by atoms with van der Waals surface area (Å²) in [5, 5.41) is 18.7. The number of nitrogens with zero attached hydrogens (tertiary/aromatic N) is 6. The summed E-state index contributed by atoms with van der Waals surface area (Å²) in [6.45, 7) is 7.72. The maximum atomic E-state index is 10.1. The lowest BCUT2D eigenvalue weighted by molar-refractivity contribution is -0.0215. The Balaban J connectivity index is 1.44. The molecule has 0 bridgehead atoms. The van der Waals surface area contributed by atoms with E-state index >= 15 is 0 Å². The Kier molecular flexibility index (Phi) is 4.90. The first-order chi connectivity index (χ1) is 16.8. The zero-order valence-electron chi connectivity index (χ0n) is 20.0. The molecule has 0 atom stereocenters. The lowest BCUT2D eigenvalue weighted by Crippen LogP contribution is -2.30. The van der Waals surface area contributed by atoms with Crippen LogP contribution in [0.25, 0.3) is 22.2 Å². The molecule has 0 saturated carbocycles. The number of ether oxygens (including phenoxy) is 1. The predicted molar refractivity (Wildman–Crippen MR) is 135 cm³/mol. The standard InChI is InChI=1S/C25H28N8O2/c1-14-20(10-32(31-14)13-25(2,3)34)28-24-29-22(26)21-19(9-33(23(21)30-24)16-11-35-12-16)17-6-4-5-15-7-27-8-18(15)17/h4-6,8-10,16,34H,7,11-13H2,1-3H3,(H3,26,28,29,30). The number of anilines is 3. The van der Waals surface area contributed by atoms with Gasteiger partial charge >= 0.3 is 0 Å². The molecule has 0 radical (unpaired) electrons. The SMILES string of the molecule is Cc1nn(CC(C)(C)O)cc1Nc1nc(N)c2c(-c3cccc4c3C=NC4)cn(C3COC3)c2n1. The summed E-state index contributed by atoms with van der Waals surface area (Å²) < 4.78 is 9.34. The van der Waals surface area contributed by atoms with Crippen LogP contribution in [0.4, 0.5) is 17.5 Å². The molecule has 180 valence electrons. The van der Waals surface area contributed by atoms with Crippen LogP contribution in [0.15, 0.2) is 35.6 Å². The number of fused-ring (bicyclic) bond motifs is 2. The van der Waals surface area contributed by atoms with Crippen LogP contribution in [0.3, 0.4) is 0 Å². The minimum absolute atomic E-state index is 0.190. The van der Waals surface area contributed by atoms with Crippen LogP contribution in [0.5, 0.6) is 0 Å². The Morgan fingerprint density at radius 2 is 2.03 bits per heavy atom. The highest BCUT2D eigenvalue weighted by atomic mass is 16.5. The second-order valence-electron chi connectivity index (χ2n) is 9.88. The number of benzene rings is 1. The van der Waals surface area contributed by atoms with E-state index in [1.165, 1.54) is 5.56 Å². The van der Waals surface area contributed by atoms with E-state index in [2.05, 4.69) is 49.4 Å². The highest BCUT2D eigenvalue weighted by Gasteiger charge is 2.27. The summed E-state index contributed by atoms with van der Waals surface area (Å²) in [6.07, 6.45) is 5.89. The second kappa shape index (κ2) is 7.89. The molecule has 6 rings (SSSR count). The second-order valence-corrected chi connectivity index (χ2v) is 9.88. The van der Waals surface area contributed by atoms with Crippen LogP contribution < -0.4 is 11.1 Å². The summed E-state index contributed by atoms with van der Waals surface area (Å²) in [5.41, 5.74) is 12.4. The van der Waals surface area contributed by atoms with Gasteiger partial charge in [0.05, 0.1) is 54.7 Å². The molecule has 4 N–H and O–H groups in total. The molecule has 0 spiro atoms. The number of aliphatic hydroxyl groups is 1. The van der Waals surface area contributed by atoms with Crippen LogP contribution in [-0.4, -0.2) is 54.5 Å². The Bertz CT molecular complexity index is 1470. The van der Waals surface area contributed by atoms with Crippen molar-refractivity contribution in [1.29, 1.82) is 0 Å². The van der Waals surface area contributed by atoms with Crippen molar-refractivity contribution in [1.82, 2.24) is 24.3 Å². The number of hydrogen-bond donors (Lipinski definition) is 3. The summed E-state index contributed by atoms with van der Waals surface area (Å²) in [6, 6.07) is 6.45. The van der Waals surface area contributed by atoms with Crippen molar-refractivity contribution < 1.29 is 9.84 Å². The summed E-state index contributed by atoms with van der Waals surface area (Å²) in [4.78, 5) is 13.9. The van der Waals surface area contributed by atoms with E-state index in [1.807, 2.05) is 19.3 Å². The van der Waals surface area contributed by atoms with Crippen LogP contribution >= 0.6 is 0 Å². The number of aryl methyl sites for hydroxylation is 1. The van der Waals surface area contributed by atoms with E-state index in [0.717, 1.165) is 39.1 Å². The van der Waals surface area contributed by atoms with Gasteiger partial charge in [-0.1, -0.05) is 18.2 Å². The Morgan fingerprint density at radius 1 is 1.20 bits per heavy atom. The highest BCUT2D eigenvalue weighted by molar-refractivity contribution is 6.06.